The van der Waals surface area contributed by atoms with Gasteiger partial charge in [-0.25, -0.2) is 0 Å². The van der Waals surface area contributed by atoms with Gasteiger partial charge in [-0.05, 0) is 17.7 Å². The van der Waals surface area contributed by atoms with Gasteiger partial charge in [-0.3, -0.25) is 4.79 Å². The summed E-state index contributed by atoms with van der Waals surface area (Å²) in [6.45, 7) is 1.37. The van der Waals surface area contributed by atoms with E-state index in [-0.39, 0.29) is 5.97 Å². The van der Waals surface area contributed by atoms with Gasteiger partial charge in [0.15, 0.2) is 12.1 Å². The molecular formula is C15H16O5. The minimum Gasteiger partial charge on any atom is -0.459 e. The lowest BCUT2D eigenvalue weighted by Gasteiger charge is -2.22. The molecule has 3 rings (SSSR count). The zero-order valence-electron chi connectivity index (χ0n) is 11.1. The number of aliphatic hydroxyl groups excluding tert-OH is 1. The highest BCUT2D eigenvalue weighted by atomic mass is 16.8. The number of aliphatic hydroxyl groups is 1. The highest BCUT2D eigenvalue weighted by Gasteiger charge is 2.51. The van der Waals surface area contributed by atoms with Gasteiger partial charge < -0.3 is 19.3 Å². The maximum atomic E-state index is 11.3. The van der Waals surface area contributed by atoms with E-state index in [4.69, 9.17) is 14.2 Å². The number of hydrogen-bond donors (Lipinski definition) is 1. The molecule has 5 nitrogen and oxygen atoms in total. The van der Waals surface area contributed by atoms with Crippen molar-refractivity contribution in [3.05, 3.63) is 48.0 Å². The predicted octanol–water partition coefficient (Wildman–Crippen LogP) is 1.68. The Kier molecular flexibility index (Phi) is 3.33. The molecule has 0 saturated carbocycles. The van der Waals surface area contributed by atoms with Crippen molar-refractivity contribution >= 4 is 5.97 Å². The van der Waals surface area contributed by atoms with Crippen molar-refractivity contribution in [2.24, 2.45) is 0 Å². The van der Waals surface area contributed by atoms with Crippen molar-refractivity contribution in [3.8, 4) is 0 Å². The second-order valence-corrected chi connectivity index (χ2v) is 4.98. The molecule has 106 valence electrons. The summed E-state index contributed by atoms with van der Waals surface area (Å²) >= 11 is 0. The molecule has 0 aromatic heterocycles. The van der Waals surface area contributed by atoms with E-state index in [1.807, 2.05) is 30.3 Å². The van der Waals surface area contributed by atoms with Crippen LogP contribution in [0.4, 0.5) is 0 Å². The molecule has 0 bridgehead atoms. The molecule has 20 heavy (non-hydrogen) atoms. The monoisotopic (exact) mass is 276 g/mol. The molecule has 0 aliphatic carbocycles. The van der Waals surface area contributed by atoms with E-state index in [0.717, 1.165) is 5.56 Å². The minimum atomic E-state index is -1.01. The number of ether oxygens (including phenoxy) is 3. The van der Waals surface area contributed by atoms with Crippen LogP contribution < -0.4 is 0 Å². The third-order valence-electron chi connectivity index (χ3n) is 3.43. The predicted molar refractivity (Wildman–Crippen MR) is 69.4 cm³/mol. The number of carbonyl (C=O) groups excluding carboxylic acids is 1. The molecule has 1 fully saturated rings. The first-order chi connectivity index (χ1) is 9.58. The first kappa shape index (κ1) is 13.3. The average molecular weight is 276 g/mol. The number of hydrogen-bond acceptors (Lipinski definition) is 5. The smallest absolute Gasteiger partial charge is 0.303 e. The summed E-state index contributed by atoms with van der Waals surface area (Å²) in [7, 11) is 0. The Morgan fingerprint density at radius 2 is 2.10 bits per heavy atom. The van der Waals surface area contributed by atoms with Crippen LogP contribution in [0.5, 0.6) is 0 Å². The van der Waals surface area contributed by atoms with Crippen LogP contribution in [0.1, 0.15) is 25.0 Å². The van der Waals surface area contributed by atoms with E-state index in [9.17, 15) is 9.90 Å². The zero-order valence-corrected chi connectivity index (χ0v) is 11.1. The van der Waals surface area contributed by atoms with Gasteiger partial charge in [0.2, 0.25) is 0 Å². The van der Waals surface area contributed by atoms with E-state index in [0.29, 0.717) is 6.42 Å². The standard InChI is InChI=1S/C15H16O5/c1-10(16)18-12-9-15(8-7-13(17)19-15)20-14(12)11-5-3-2-4-6-11/h2-8,12-14,17H,9H2,1H3/t12-,13?,14-,15+/m1/s1. The van der Waals surface area contributed by atoms with Gasteiger partial charge in [-0.1, -0.05) is 30.3 Å². The first-order valence-corrected chi connectivity index (χ1v) is 6.53. The van der Waals surface area contributed by atoms with Crippen LogP contribution in [0.25, 0.3) is 0 Å². The van der Waals surface area contributed by atoms with Gasteiger partial charge in [0.25, 0.3) is 0 Å². The third kappa shape index (κ3) is 2.47. The van der Waals surface area contributed by atoms with Crippen LogP contribution in [0.3, 0.4) is 0 Å². The van der Waals surface area contributed by atoms with Gasteiger partial charge in [0.05, 0.1) is 0 Å². The van der Waals surface area contributed by atoms with Crippen LogP contribution in [0.15, 0.2) is 42.5 Å². The molecule has 4 atom stereocenters. The summed E-state index contributed by atoms with van der Waals surface area (Å²) in [4.78, 5) is 11.3. The molecule has 0 amide bonds. The van der Waals surface area contributed by atoms with Gasteiger partial charge in [0.1, 0.15) is 12.2 Å². The Hall–Kier alpha value is -1.69. The van der Waals surface area contributed by atoms with Gasteiger partial charge in [0, 0.05) is 13.3 Å². The summed E-state index contributed by atoms with van der Waals surface area (Å²) in [6.07, 6.45) is 1.73. The highest BCUT2D eigenvalue weighted by Crippen LogP contribution is 2.45. The zero-order chi connectivity index (χ0) is 14.2. The number of benzene rings is 1. The van der Waals surface area contributed by atoms with Gasteiger partial charge >= 0.3 is 5.97 Å². The Morgan fingerprint density at radius 3 is 2.70 bits per heavy atom. The Balaban J connectivity index is 1.87. The maximum absolute atomic E-state index is 11.3. The molecule has 5 heteroatoms. The topological polar surface area (TPSA) is 65.0 Å². The lowest BCUT2D eigenvalue weighted by Crippen LogP contribution is -2.29. The van der Waals surface area contributed by atoms with Crippen molar-refractivity contribution in [1.82, 2.24) is 0 Å². The second-order valence-electron chi connectivity index (χ2n) is 4.98. The van der Waals surface area contributed by atoms with Gasteiger partial charge in [-0.2, -0.15) is 0 Å². The molecule has 1 aromatic rings. The SMILES string of the molecule is CC(=O)O[C@@H]1C[C@]2(C=CC(O)O2)O[C@@H]1c1ccccc1. The molecule has 1 aromatic carbocycles. The van der Waals surface area contributed by atoms with E-state index in [1.165, 1.54) is 13.0 Å². The molecule has 2 aliphatic rings. The molecule has 1 N–H and O–H groups in total. The molecular weight excluding hydrogens is 260 g/mol. The molecule has 2 aliphatic heterocycles. The highest BCUT2D eigenvalue weighted by molar-refractivity contribution is 5.66. The van der Waals surface area contributed by atoms with Crippen molar-refractivity contribution < 1.29 is 24.1 Å². The molecule has 0 radical (unpaired) electrons. The van der Waals surface area contributed by atoms with E-state index < -0.39 is 24.3 Å². The van der Waals surface area contributed by atoms with Crippen molar-refractivity contribution in [3.63, 3.8) is 0 Å². The van der Waals surface area contributed by atoms with Crippen LogP contribution in [-0.4, -0.2) is 29.3 Å². The molecule has 1 unspecified atom stereocenters. The lowest BCUT2D eigenvalue weighted by atomic mass is 10.0. The average Bonchev–Trinajstić information content (AvgIpc) is 2.94. The summed E-state index contributed by atoms with van der Waals surface area (Å²) in [5.41, 5.74) is 0.911. The van der Waals surface area contributed by atoms with E-state index >= 15 is 0 Å². The fourth-order valence-electron chi connectivity index (χ4n) is 2.66. The van der Waals surface area contributed by atoms with Crippen LogP contribution >= 0.6 is 0 Å². The molecule has 1 spiro atoms. The van der Waals surface area contributed by atoms with Crippen molar-refractivity contribution in [1.29, 1.82) is 0 Å². The summed E-state index contributed by atoms with van der Waals surface area (Å²) in [6, 6.07) is 9.53. The number of rotatable bonds is 2. The Labute approximate surface area is 116 Å². The van der Waals surface area contributed by atoms with E-state index in [1.54, 1.807) is 6.08 Å². The van der Waals surface area contributed by atoms with Crippen LogP contribution in [0.2, 0.25) is 0 Å². The number of carbonyl (C=O) groups is 1. The van der Waals surface area contributed by atoms with E-state index in [2.05, 4.69) is 0 Å². The Bertz CT molecular complexity index is 526. The van der Waals surface area contributed by atoms with Crippen molar-refractivity contribution in [2.45, 2.75) is 37.6 Å². The quantitative estimate of drug-likeness (QED) is 0.657. The summed E-state index contributed by atoms with van der Waals surface area (Å²) in [5, 5.41) is 9.48. The molecule has 1 saturated heterocycles. The fourth-order valence-corrected chi connectivity index (χ4v) is 2.66. The Morgan fingerprint density at radius 1 is 1.35 bits per heavy atom. The fraction of sp³-hybridized carbons (Fsp3) is 0.400. The maximum Gasteiger partial charge on any atom is 0.303 e. The van der Waals surface area contributed by atoms with Gasteiger partial charge in [-0.15, -0.1) is 0 Å². The van der Waals surface area contributed by atoms with Crippen LogP contribution in [0, 0.1) is 0 Å². The normalized spacial score (nSPS) is 35.6. The summed E-state index contributed by atoms with van der Waals surface area (Å²) in [5.74, 6) is -1.38. The van der Waals surface area contributed by atoms with Crippen molar-refractivity contribution in [2.75, 3.05) is 0 Å². The number of esters is 1. The van der Waals surface area contributed by atoms with Crippen LogP contribution in [-0.2, 0) is 19.0 Å². The minimum absolute atomic E-state index is 0.361. The lowest BCUT2D eigenvalue weighted by molar-refractivity contribution is -0.238. The largest absolute Gasteiger partial charge is 0.459 e. The first-order valence-electron chi connectivity index (χ1n) is 6.53. The molecule has 2 heterocycles. The summed E-state index contributed by atoms with van der Waals surface area (Å²) < 4.78 is 16.7. The second kappa shape index (κ2) is 5.01. The third-order valence-corrected chi connectivity index (χ3v) is 3.43.